The maximum absolute atomic E-state index is 13.9. The van der Waals surface area contributed by atoms with Crippen LogP contribution in [0.4, 0.5) is 17.1 Å². The number of hydrogen-bond acceptors (Lipinski definition) is 8. The van der Waals surface area contributed by atoms with Crippen molar-refractivity contribution in [2.45, 2.75) is 17.1 Å². The molecule has 0 bridgehead atoms. The van der Waals surface area contributed by atoms with Gasteiger partial charge in [-0.05, 0) is 83.9 Å². The number of anilines is 3. The summed E-state index contributed by atoms with van der Waals surface area (Å²) >= 11 is 1.31. The first-order chi connectivity index (χ1) is 25.7. The number of rotatable bonds is 14. The van der Waals surface area contributed by atoms with Crippen molar-refractivity contribution >= 4 is 58.5 Å². The summed E-state index contributed by atoms with van der Waals surface area (Å²) in [5.74, 6) is -0.406. The molecule has 4 amide bonds. The number of nitrogens with one attached hydrogen (secondary N) is 4. The van der Waals surface area contributed by atoms with Gasteiger partial charge in [0.1, 0.15) is 10.9 Å². The Balaban J connectivity index is 1.41. The Morgan fingerprint density at radius 2 is 1.25 bits per heavy atom. The van der Waals surface area contributed by atoms with Crippen molar-refractivity contribution in [3.63, 3.8) is 0 Å². The third-order valence-electron chi connectivity index (χ3n) is 7.69. The molecule has 5 aromatic carbocycles. The number of carbonyl (C=O) groups excluding carboxylic acids is 4. The molecule has 5 aromatic rings. The number of thioether (sulfide) groups is 1. The molecule has 12 heteroatoms. The molecule has 0 heterocycles. The molecule has 0 saturated heterocycles. The number of amides is 4. The molecule has 0 aromatic heterocycles. The Labute approximate surface area is 311 Å². The van der Waals surface area contributed by atoms with E-state index in [9.17, 15) is 19.2 Å². The van der Waals surface area contributed by atoms with Crippen LogP contribution in [0, 0.1) is 0 Å². The molecular weight excluding hydrogens is 693 g/mol. The van der Waals surface area contributed by atoms with E-state index in [0.29, 0.717) is 50.3 Å². The molecule has 0 radical (unpaired) electrons. The van der Waals surface area contributed by atoms with Crippen molar-refractivity contribution in [3.8, 4) is 17.2 Å². The Morgan fingerprint density at radius 1 is 0.642 bits per heavy atom. The van der Waals surface area contributed by atoms with Gasteiger partial charge in [-0.1, -0.05) is 54.6 Å². The van der Waals surface area contributed by atoms with Gasteiger partial charge in [0.15, 0.2) is 11.5 Å². The number of methoxy groups -OCH3 is 3. The van der Waals surface area contributed by atoms with Gasteiger partial charge in [-0.25, -0.2) is 0 Å². The smallest absolute Gasteiger partial charge is 0.272 e. The molecule has 270 valence electrons. The van der Waals surface area contributed by atoms with Crippen LogP contribution in [-0.2, 0) is 14.4 Å². The Morgan fingerprint density at radius 3 is 1.83 bits per heavy atom. The van der Waals surface area contributed by atoms with Crippen LogP contribution in [0.25, 0.3) is 6.08 Å². The zero-order valence-electron chi connectivity index (χ0n) is 29.5. The SMILES string of the molecule is COc1cc(/C=C(/NC(=O)c2ccccc2)C(=O)Nc2cccc(SC(C(=O)Nc3ccc(NC(C)=O)cc3)c3ccccc3)c2)cc(OC)c1OC. The van der Waals surface area contributed by atoms with Crippen LogP contribution in [0.2, 0.25) is 0 Å². The van der Waals surface area contributed by atoms with E-state index < -0.39 is 17.1 Å². The monoisotopic (exact) mass is 730 g/mol. The minimum Gasteiger partial charge on any atom is -0.493 e. The van der Waals surface area contributed by atoms with Crippen LogP contribution in [0.3, 0.4) is 0 Å². The summed E-state index contributed by atoms with van der Waals surface area (Å²) in [5, 5.41) is 10.7. The first kappa shape index (κ1) is 37.7. The molecule has 0 fully saturated rings. The maximum Gasteiger partial charge on any atom is 0.272 e. The summed E-state index contributed by atoms with van der Waals surface area (Å²) in [4.78, 5) is 53.0. The molecule has 5 rings (SSSR count). The molecule has 4 N–H and O–H groups in total. The van der Waals surface area contributed by atoms with Crippen LogP contribution in [0.5, 0.6) is 17.2 Å². The fourth-order valence-electron chi connectivity index (χ4n) is 5.22. The molecule has 1 unspecified atom stereocenters. The maximum atomic E-state index is 13.9. The Hall–Kier alpha value is -6.53. The first-order valence-electron chi connectivity index (χ1n) is 16.4. The summed E-state index contributed by atoms with van der Waals surface area (Å²) in [6.45, 7) is 1.43. The summed E-state index contributed by atoms with van der Waals surface area (Å²) in [7, 11) is 4.46. The molecule has 0 aliphatic heterocycles. The van der Waals surface area contributed by atoms with Gasteiger partial charge in [-0.3, -0.25) is 19.2 Å². The normalized spacial score (nSPS) is 11.4. The van der Waals surface area contributed by atoms with E-state index in [0.717, 1.165) is 5.56 Å². The Kier molecular flexibility index (Phi) is 12.9. The van der Waals surface area contributed by atoms with Gasteiger partial charge in [-0.2, -0.15) is 0 Å². The lowest BCUT2D eigenvalue weighted by atomic mass is 10.1. The van der Waals surface area contributed by atoms with Crippen molar-refractivity contribution in [1.82, 2.24) is 5.32 Å². The van der Waals surface area contributed by atoms with Gasteiger partial charge in [0, 0.05) is 34.4 Å². The third kappa shape index (κ3) is 10.3. The highest BCUT2D eigenvalue weighted by Gasteiger charge is 2.23. The standard InChI is InChI=1S/C41H38N4O7S/c1-26(46)42-30-18-20-31(21-19-30)43-41(49)38(28-12-7-5-8-13-28)53-33-17-11-16-32(25-33)44-40(48)34(45-39(47)29-14-9-6-10-15-29)22-27-23-35(50-2)37(52-4)36(24-27)51-3/h5-25,38H,1-4H3,(H,42,46)(H,43,49)(H,44,48)(H,45,47)/b34-22+. The van der Waals surface area contributed by atoms with E-state index in [1.165, 1.54) is 46.1 Å². The van der Waals surface area contributed by atoms with Crippen LogP contribution in [0.1, 0.15) is 33.7 Å². The Bertz CT molecular complexity index is 2080. The third-order valence-corrected chi connectivity index (χ3v) is 8.93. The summed E-state index contributed by atoms with van der Waals surface area (Å²) in [6, 6.07) is 35.1. The lowest BCUT2D eigenvalue weighted by Gasteiger charge is -2.18. The second kappa shape index (κ2) is 18.1. The average Bonchev–Trinajstić information content (AvgIpc) is 3.17. The summed E-state index contributed by atoms with van der Waals surface area (Å²) in [5.41, 5.74) is 3.22. The second-order valence-corrected chi connectivity index (χ2v) is 12.7. The molecule has 1 atom stereocenters. The largest absolute Gasteiger partial charge is 0.493 e. The van der Waals surface area contributed by atoms with Crippen LogP contribution >= 0.6 is 11.8 Å². The molecule has 0 saturated carbocycles. The quantitative estimate of drug-likeness (QED) is 0.0678. The molecule has 53 heavy (non-hydrogen) atoms. The molecular formula is C41H38N4O7S. The van der Waals surface area contributed by atoms with Gasteiger partial charge in [-0.15, -0.1) is 11.8 Å². The van der Waals surface area contributed by atoms with E-state index in [2.05, 4.69) is 21.3 Å². The van der Waals surface area contributed by atoms with Crippen molar-refractivity contribution in [1.29, 1.82) is 0 Å². The number of carbonyl (C=O) groups is 4. The van der Waals surface area contributed by atoms with Crippen molar-refractivity contribution < 1.29 is 33.4 Å². The minimum atomic E-state index is -0.655. The zero-order chi connectivity index (χ0) is 37.7. The summed E-state index contributed by atoms with van der Waals surface area (Å²) in [6.07, 6.45) is 1.51. The van der Waals surface area contributed by atoms with Gasteiger partial charge < -0.3 is 35.5 Å². The summed E-state index contributed by atoms with van der Waals surface area (Å²) < 4.78 is 16.4. The van der Waals surface area contributed by atoms with Crippen LogP contribution < -0.4 is 35.5 Å². The predicted octanol–water partition coefficient (Wildman–Crippen LogP) is 7.55. The molecule has 11 nitrogen and oxygen atoms in total. The highest BCUT2D eigenvalue weighted by Crippen LogP contribution is 2.39. The molecule has 0 aliphatic carbocycles. The fourth-order valence-corrected chi connectivity index (χ4v) is 6.31. The van der Waals surface area contributed by atoms with Gasteiger partial charge in [0.25, 0.3) is 11.8 Å². The van der Waals surface area contributed by atoms with Crippen molar-refractivity contribution in [3.05, 3.63) is 144 Å². The topological polar surface area (TPSA) is 144 Å². The number of benzene rings is 5. The second-order valence-electron chi connectivity index (χ2n) is 11.5. The van der Waals surface area contributed by atoms with E-state index in [1.807, 2.05) is 36.4 Å². The first-order valence-corrected chi connectivity index (χ1v) is 17.2. The van der Waals surface area contributed by atoms with E-state index in [4.69, 9.17) is 14.2 Å². The highest BCUT2D eigenvalue weighted by atomic mass is 32.2. The van der Waals surface area contributed by atoms with Gasteiger partial charge in [0.05, 0.1) is 21.3 Å². The van der Waals surface area contributed by atoms with Gasteiger partial charge >= 0.3 is 0 Å². The zero-order valence-corrected chi connectivity index (χ0v) is 30.3. The van der Waals surface area contributed by atoms with E-state index in [-0.39, 0.29) is 17.5 Å². The highest BCUT2D eigenvalue weighted by molar-refractivity contribution is 8.00. The van der Waals surface area contributed by atoms with Gasteiger partial charge in [0.2, 0.25) is 17.6 Å². The lowest BCUT2D eigenvalue weighted by molar-refractivity contribution is -0.116. The number of hydrogen-bond donors (Lipinski definition) is 4. The average molecular weight is 731 g/mol. The minimum absolute atomic E-state index is 0.0442. The lowest BCUT2D eigenvalue weighted by Crippen LogP contribution is -2.30. The van der Waals surface area contributed by atoms with Crippen LogP contribution in [0.15, 0.2) is 132 Å². The fraction of sp³-hybridized carbons (Fsp3) is 0.122. The molecule has 0 aliphatic rings. The van der Waals surface area contributed by atoms with Crippen molar-refractivity contribution in [2.24, 2.45) is 0 Å². The van der Waals surface area contributed by atoms with E-state index in [1.54, 1.807) is 84.9 Å². The van der Waals surface area contributed by atoms with E-state index >= 15 is 0 Å². The predicted molar refractivity (Wildman–Crippen MR) is 207 cm³/mol. The van der Waals surface area contributed by atoms with Crippen molar-refractivity contribution in [2.75, 3.05) is 37.3 Å². The number of ether oxygens (including phenoxy) is 3. The van der Waals surface area contributed by atoms with Crippen LogP contribution in [-0.4, -0.2) is 45.0 Å². The molecule has 0 spiro atoms.